The second-order valence-corrected chi connectivity index (χ2v) is 5.73. The monoisotopic (exact) mass is 276 g/mol. The molecule has 0 aliphatic heterocycles. The topological polar surface area (TPSA) is 24.9 Å². The van der Waals surface area contributed by atoms with E-state index < -0.39 is 0 Å². The van der Waals surface area contributed by atoms with Crippen molar-refractivity contribution in [2.45, 2.75) is 40.0 Å². The van der Waals surface area contributed by atoms with Crippen LogP contribution in [0.3, 0.4) is 0 Å². The van der Waals surface area contributed by atoms with Crippen LogP contribution in [0.25, 0.3) is 10.9 Å². The largest absolute Gasteiger partial charge is 0.384 e. The molecular weight excluding hydrogens is 256 g/mol. The van der Waals surface area contributed by atoms with E-state index in [1.807, 2.05) is 6.07 Å². The highest BCUT2D eigenvalue weighted by Gasteiger charge is 2.11. The number of rotatable bonds is 4. The van der Waals surface area contributed by atoms with E-state index in [1.54, 1.807) is 0 Å². The van der Waals surface area contributed by atoms with Crippen molar-refractivity contribution in [2.75, 3.05) is 11.9 Å². The molecule has 102 valence electrons. The predicted octanol–water partition coefficient (Wildman–Crippen LogP) is 5.14. The van der Waals surface area contributed by atoms with Crippen molar-refractivity contribution >= 4 is 28.2 Å². The van der Waals surface area contributed by atoms with Gasteiger partial charge in [-0.2, -0.15) is 0 Å². The fourth-order valence-electron chi connectivity index (χ4n) is 2.14. The molecule has 19 heavy (non-hydrogen) atoms. The molecule has 0 bridgehead atoms. The zero-order chi connectivity index (χ0) is 14.0. The van der Waals surface area contributed by atoms with Gasteiger partial charge in [-0.05, 0) is 43.0 Å². The summed E-state index contributed by atoms with van der Waals surface area (Å²) in [5, 5.41) is 5.34. The fourth-order valence-corrected chi connectivity index (χ4v) is 2.46. The van der Waals surface area contributed by atoms with Crippen molar-refractivity contribution in [3.8, 4) is 0 Å². The van der Waals surface area contributed by atoms with E-state index in [2.05, 4.69) is 45.1 Å². The van der Waals surface area contributed by atoms with Gasteiger partial charge in [0, 0.05) is 23.3 Å². The fraction of sp³-hybridized carbons (Fsp3) is 0.438. The van der Waals surface area contributed by atoms with Crippen LogP contribution >= 0.6 is 11.6 Å². The molecule has 1 aromatic carbocycles. The summed E-state index contributed by atoms with van der Waals surface area (Å²) in [6.07, 6.45) is 1.10. The highest BCUT2D eigenvalue weighted by atomic mass is 35.5. The second-order valence-electron chi connectivity index (χ2n) is 5.32. The first-order valence-corrected chi connectivity index (χ1v) is 7.25. The minimum Gasteiger partial charge on any atom is -0.384 e. The molecule has 0 saturated heterocycles. The van der Waals surface area contributed by atoms with Crippen LogP contribution in [-0.2, 0) is 0 Å². The molecule has 0 amide bonds. The van der Waals surface area contributed by atoms with Crippen molar-refractivity contribution in [2.24, 2.45) is 0 Å². The van der Waals surface area contributed by atoms with E-state index in [4.69, 9.17) is 16.6 Å². The molecular formula is C16H21ClN2. The van der Waals surface area contributed by atoms with Crippen molar-refractivity contribution in [1.82, 2.24) is 4.98 Å². The lowest BCUT2D eigenvalue weighted by Crippen LogP contribution is -2.04. The van der Waals surface area contributed by atoms with Gasteiger partial charge in [-0.3, -0.25) is 4.98 Å². The Morgan fingerprint density at radius 3 is 2.63 bits per heavy atom. The summed E-state index contributed by atoms with van der Waals surface area (Å²) in [5.74, 6) is 0.393. The molecule has 2 aromatic rings. The molecule has 1 aromatic heterocycles. The maximum Gasteiger partial charge on any atom is 0.0912 e. The van der Waals surface area contributed by atoms with E-state index in [1.165, 1.54) is 0 Å². The lowest BCUT2D eigenvalue weighted by Gasteiger charge is -2.14. The Kier molecular flexibility index (Phi) is 4.31. The normalized spacial score (nSPS) is 11.3. The van der Waals surface area contributed by atoms with Crippen molar-refractivity contribution in [3.05, 3.63) is 34.5 Å². The highest BCUT2D eigenvalue weighted by molar-refractivity contribution is 6.35. The summed E-state index contributed by atoms with van der Waals surface area (Å²) in [5.41, 5.74) is 4.28. The number of benzene rings is 1. The summed E-state index contributed by atoms with van der Waals surface area (Å²) in [6, 6.07) is 6.28. The molecule has 0 aliphatic carbocycles. The average Bonchev–Trinajstić information content (AvgIpc) is 2.35. The summed E-state index contributed by atoms with van der Waals surface area (Å²) in [7, 11) is 0. The number of nitrogens with zero attached hydrogens (tertiary/aromatic N) is 1. The summed E-state index contributed by atoms with van der Waals surface area (Å²) >= 11 is 6.35. The van der Waals surface area contributed by atoms with Crippen LogP contribution in [0.4, 0.5) is 5.69 Å². The van der Waals surface area contributed by atoms with Gasteiger partial charge in [0.25, 0.3) is 0 Å². The van der Waals surface area contributed by atoms with E-state index >= 15 is 0 Å². The molecule has 1 heterocycles. The third-order valence-electron chi connectivity index (χ3n) is 3.19. The number of aryl methyl sites for hydroxylation is 1. The Balaban J connectivity index is 2.67. The number of hydrogen-bond donors (Lipinski definition) is 1. The molecule has 2 rings (SSSR count). The molecule has 1 N–H and O–H groups in total. The van der Waals surface area contributed by atoms with E-state index in [0.717, 1.165) is 45.8 Å². The van der Waals surface area contributed by atoms with E-state index in [-0.39, 0.29) is 0 Å². The third kappa shape index (κ3) is 3.01. The number of aromatic nitrogens is 1. The highest BCUT2D eigenvalue weighted by Crippen LogP contribution is 2.31. The minimum atomic E-state index is 0.393. The number of fused-ring (bicyclic) bond motifs is 1. The molecule has 0 spiro atoms. The molecule has 0 atom stereocenters. The van der Waals surface area contributed by atoms with Crippen molar-refractivity contribution < 1.29 is 0 Å². The van der Waals surface area contributed by atoms with Crippen molar-refractivity contribution in [3.63, 3.8) is 0 Å². The second kappa shape index (κ2) is 5.79. The quantitative estimate of drug-likeness (QED) is 0.836. The molecule has 2 nitrogen and oxygen atoms in total. The van der Waals surface area contributed by atoms with Crippen LogP contribution in [0.2, 0.25) is 5.02 Å². The molecule has 0 unspecified atom stereocenters. The zero-order valence-corrected chi connectivity index (χ0v) is 12.8. The van der Waals surface area contributed by atoms with Gasteiger partial charge in [0.05, 0.1) is 10.5 Å². The number of halogens is 1. The maximum atomic E-state index is 6.35. The van der Waals surface area contributed by atoms with E-state index in [0.29, 0.717) is 5.92 Å². The first-order chi connectivity index (χ1) is 9.02. The van der Waals surface area contributed by atoms with E-state index in [9.17, 15) is 0 Å². The summed E-state index contributed by atoms with van der Waals surface area (Å²) in [4.78, 5) is 4.71. The van der Waals surface area contributed by atoms with Crippen LogP contribution in [0.5, 0.6) is 0 Å². The van der Waals surface area contributed by atoms with Gasteiger partial charge < -0.3 is 5.32 Å². The van der Waals surface area contributed by atoms with Gasteiger partial charge >= 0.3 is 0 Å². The average molecular weight is 277 g/mol. The van der Waals surface area contributed by atoms with Crippen LogP contribution in [0, 0.1) is 6.92 Å². The van der Waals surface area contributed by atoms with Gasteiger partial charge in [0.2, 0.25) is 0 Å². The minimum absolute atomic E-state index is 0.393. The molecule has 0 fully saturated rings. The molecule has 3 heteroatoms. The van der Waals surface area contributed by atoms with Gasteiger partial charge in [-0.1, -0.05) is 32.4 Å². The smallest absolute Gasteiger partial charge is 0.0912 e. The Bertz CT molecular complexity index is 591. The molecule has 0 radical (unpaired) electrons. The Morgan fingerprint density at radius 2 is 2.00 bits per heavy atom. The number of pyridine rings is 1. The Morgan fingerprint density at radius 1 is 1.26 bits per heavy atom. The summed E-state index contributed by atoms with van der Waals surface area (Å²) in [6.45, 7) is 9.49. The van der Waals surface area contributed by atoms with Crippen LogP contribution in [0.1, 0.15) is 44.4 Å². The molecule has 0 saturated carbocycles. The van der Waals surface area contributed by atoms with Crippen molar-refractivity contribution in [1.29, 1.82) is 0 Å². The van der Waals surface area contributed by atoms with Gasteiger partial charge in [0.15, 0.2) is 0 Å². The first-order valence-electron chi connectivity index (χ1n) is 6.87. The van der Waals surface area contributed by atoms with Gasteiger partial charge in [-0.25, -0.2) is 0 Å². The lowest BCUT2D eigenvalue weighted by molar-refractivity contribution is 0.829. The Labute approximate surface area is 120 Å². The zero-order valence-electron chi connectivity index (χ0n) is 12.0. The van der Waals surface area contributed by atoms with Crippen LogP contribution in [-0.4, -0.2) is 11.5 Å². The third-order valence-corrected chi connectivity index (χ3v) is 3.48. The SMILES string of the molecule is CCCNc1cc(C(C)C)nc2c(Cl)cc(C)cc12. The van der Waals surface area contributed by atoms with Crippen LogP contribution in [0.15, 0.2) is 18.2 Å². The van der Waals surface area contributed by atoms with Gasteiger partial charge in [0.1, 0.15) is 0 Å². The number of nitrogens with one attached hydrogen (secondary N) is 1. The first kappa shape index (κ1) is 14.1. The summed E-state index contributed by atoms with van der Waals surface area (Å²) < 4.78 is 0. The van der Waals surface area contributed by atoms with Crippen LogP contribution < -0.4 is 5.32 Å². The lowest BCUT2D eigenvalue weighted by atomic mass is 10.0. The standard InChI is InChI=1S/C16H21ClN2/c1-5-6-18-15-9-14(10(2)3)19-16-12(15)7-11(4)8-13(16)17/h7-10H,5-6H2,1-4H3,(H,18,19). The van der Waals surface area contributed by atoms with Gasteiger partial charge in [-0.15, -0.1) is 0 Å². The maximum absolute atomic E-state index is 6.35. The predicted molar refractivity (Wildman–Crippen MR) is 84.4 cm³/mol. The number of anilines is 1. The number of hydrogen-bond acceptors (Lipinski definition) is 2. The molecule has 0 aliphatic rings. The Hall–Kier alpha value is -1.28.